The van der Waals surface area contributed by atoms with Crippen molar-refractivity contribution in [1.82, 2.24) is 10.2 Å². The van der Waals surface area contributed by atoms with Gasteiger partial charge in [-0.2, -0.15) is 0 Å². The average Bonchev–Trinajstić information content (AvgIpc) is 3.06. The normalized spacial score (nSPS) is 25.6. The Kier molecular flexibility index (Phi) is 4.68. The van der Waals surface area contributed by atoms with Gasteiger partial charge in [0.1, 0.15) is 5.76 Å². The van der Waals surface area contributed by atoms with Gasteiger partial charge in [0.2, 0.25) is 0 Å². The quantitative estimate of drug-likeness (QED) is 0.786. The minimum absolute atomic E-state index is 0.183. The number of hydrogen-bond acceptors (Lipinski definition) is 3. The van der Waals surface area contributed by atoms with Crippen LogP contribution in [0.25, 0.3) is 0 Å². The largest absolute Gasteiger partial charge is 0.496 e. The van der Waals surface area contributed by atoms with E-state index in [-0.39, 0.29) is 5.54 Å². The monoisotopic (exact) mass is 252 g/mol. The Morgan fingerprint density at radius 3 is 2.61 bits per heavy atom. The van der Waals surface area contributed by atoms with Crippen molar-refractivity contribution in [2.24, 2.45) is 0 Å². The van der Waals surface area contributed by atoms with Gasteiger partial charge in [0.05, 0.1) is 12.6 Å². The predicted octanol–water partition coefficient (Wildman–Crippen LogP) is 2.53. The van der Waals surface area contributed by atoms with Crippen LogP contribution in [0, 0.1) is 0 Å². The van der Waals surface area contributed by atoms with Crippen LogP contribution in [0.15, 0.2) is 11.8 Å². The lowest BCUT2D eigenvalue weighted by Crippen LogP contribution is -2.59. The van der Waals surface area contributed by atoms with Crippen LogP contribution in [0.2, 0.25) is 0 Å². The van der Waals surface area contributed by atoms with Gasteiger partial charge in [-0.1, -0.05) is 13.8 Å². The van der Waals surface area contributed by atoms with E-state index < -0.39 is 0 Å². The topological polar surface area (TPSA) is 24.5 Å². The highest BCUT2D eigenvalue weighted by Gasteiger charge is 2.42. The molecule has 1 N–H and O–H groups in total. The van der Waals surface area contributed by atoms with Gasteiger partial charge in [-0.3, -0.25) is 4.90 Å². The summed E-state index contributed by atoms with van der Waals surface area (Å²) in [5.41, 5.74) is 0.183. The van der Waals surface area contributed by atoms with Crippen LogP contribution in [-0.2, 0) is 4.74 Å². The summed E-state index contributed by atoms with van der Waals surface area (Å²) in [4.78, 5) is 2.66. The van der Waals surface area contributed by atoms with Crippen molar-refractivity contribution < 1.29 is 4.74 Å². The fourth-order valence-corrected chi connectivity index (χ4v) is 3.31. The molecule has 0 aromatic carbocycles. The highest BCUT2D eigenvalue weighted by Crippen LogP contribution is 2.33. The zero-order chi connectivity index (χ0) is 13.0. The summed E-state index contributed by atoms with van der Waals surface area (Å²) in [6, 6.07) is 0.341. The molecule has 0 spiro atoms. The van der Waals surface area contributed by atoms with Gasteiger partial charge in [0.15, 0.2) is 0 Å². The first-order valence-corrected chi connectivity index (χ1v) is 7.53. The maximum atomic E-state index is 5.85. The van der Waals surface area contributed by atoms with E-state index in [0.717, 1.165) is 26.0 Å². The molecule has 1 fully saturated rings. The lowest BCUT2D eigenvalue weighted by Gasteiger charge is -2.44. The summed E-state index contributed by atoms with van der Waals surface area (Å²) >= 11 is 0. The molecule has 3 nitrogen and oxygen atoms in total. The Bertz CT molecular complexity index is 297. The number of likely N-dealkylation sites (tertiary alicyclic amines) is 1. The molecule has 0 radical (unpaired) electrons. The second-order valence-electron chi connectivity index (χ2n) is 5.64. The van der Waals surface area contributed by atoms with Crippen LogP contribution >= 0.6 is 0 Å². The molecule has 2 rings (SSSR count). The molecule has 0 bridgehead atoms. The molecule has 1 saturated heterocycles. The molecule has 2 aliphatic heterocycles. The summed E-state index contributed by atoms with van der Waals surface area (Å²) in [6.07, 6.45) is 7.18. The molecular weight excluding hydrogens is 224 g/mol. The minimum atomic E-state index is 0.183. The van der Waals surface area contributed by atoms with Crippen molar-refractivity contribution in [1.29, 1.82) is 0 Å². The number of rotatable bonds is 6. The van der Waals surface area contributed by atoms with Crippen molar-refractivity contribution in [3.8, 4) is 0 Å². The third-order valence-electron chi connectivity index (χ3n) is 4.59. The van der Waals surface area contributed by atoms with E-state index in [4.69, 9.17) is 4.74 Å². The van der Waals surface area contributed by atoms with Gasteiger partial charge < -0.3 is 10.1 Å². The summed E-state index contributed by atoms with van der Waals surface area (Å²) in [5, 5.41) is 3.66. The van der Waals surface area contributed by atoms with Gasteiger partial charge >= 0.3 is 0 Å². The van der Waals surface area contributed by atoms with E-state index in [9.17, 15) is 0 Å². The predicted molar refractivity (Wildman–Crippen MR) is 75.6 cm³/mol. The maximum Gasteiger partial charge on any atom is 0.111 e. The third-order valence-corrected chi connectivity index (χ3v) is 4.59. The average molecular weight is 252 g/mol. The molecule has 3 heteroatoms. The van der Waals surface area contributed by atoms with Crippen LogP contribution in [0.1, 0.15) is 46.5 Å². The van der Waals surface area contributed by atoms with E-state index >= 15 is 0 Å². The van der Waals surface area contributed by atoms with Crippen LogP contribution in [0.4, 0.5) is 0 Å². The first-order valence-electron chi connectivity index (χ1n) is 7.53. The summed E-state index contributed by atoms with van der Waals surface area (Å²) in [6.45, 7) is 11.2. The molecular formula is C15H28N2O. The zero-order valence-corrected chi connectivity index (χ0v) is 12.2. The number of nitrogens with one attached hydrogen (secondary N) is 1. The van der Waals surface area contributed by atoms with E-state index in [0.29, 0.717) is 6.04 Å². The SMILES string of the molecule is CCNC(C1=CCCO1)C(C)(CC)N1CCCC1. The molecule has 104 valence electrons. The highest BCUT2D eigenvalue weighted by atomic mass is 16.5. The van der Waals surface area contributed by atoms with Crippen LogP contribution < -0.4 is 5.32 Å². The first-order chi connectivity index (χ1) is 8.72. The molecule has 0 aromatic rings. The smallest absolute Gasteiger partial charge is 0.111 e. The Balaban J connectivity index is 2.19. The minimum Gasteiger partial charge on any atom is -0.496 e. The fraction of sp³-hybridized carbons (Fsp3) is 0.867. The van der Waals surface area contributed by atoms with E-state index in [1.54, 1.807) is 0 Å². The standard InChI is InChI=1S/C15H28N2O/c1-4-15(3,17-10-6-7-11-17)14(16-5-2)13-9-8-12-18-13/h9,14,16H,4-8,10-12H2,1-3H3. The number of ether oxygens (including phenoxy) is 1. The van der Waals surface area contributed by atoms with Crippen molar-refractivity contribution >= 4 is 0 Å². The molecule has 0 aromatic heterocycles. The molecule has 2 aliphatic rings. The van der Waals surface area contributed by atoms with Gasteiger partial charge in [0, 0.05) is 12.0 Å². The van der Waals surface area contributed by atoms with Gasteiger partial charge in [-0.05, 0) is 51.9 Å². The second-order valence-corrected chi connectivity index (χ2v) is 5.64. The Morgan fingerprint density at radius 1 is 1.39 bits per heavy atom. The summed E-state index contributed by atoms with van der Waals surface area (Å²) < 4.78 is 5.85. The molecule has 0 saturated carbocycles. The van der Waals surface area contributed by atoms with Gasteiger partial charge in [-0.25, -0.2) is 0 Å². The van der Waals surface area contributed by atoms with Crippen LogP contribution in [0.3, 0.4) is 0 Å². The molecule has 2 atom stereocenters. The molecule has 0 aliphatic carbocycles. The zero-order valence-electron chi connectivity index (χ0n) is 12.2. The van der Waals surface area contributed by atoms with Crippen LogP contribution in [0.5, 0.6) is 0 Å². The van der Waals surface area contributed by atoms with Crippen molar-refractivity contribution in [3.05, 3.63) is 11.8 Å². The Hall–Kier alpha value is -0.540. The highest BCUT2D eigenvalue weighted by molar-refractivity contribution is 5.16. The van der Waals surface area contributed by atoms with Crippen molar-refractivity contribution in [2.75, 3.05) is 26.2 Å². The molecule has 2 heterocycles. The number of likely N-dealkylation sites (N-methyl/N-ethyl adjacent to an activating group) is 1. The van der Waals surface area contributed by atoms with Gasteiger partial charge in [-0.15, -0.1) is 0 Å². The van der Waals surface area contributed by atoms with Crippen LogP contribution in [-0.4, -0.2) is 42.7 Å². The maximum absolute atomic E-state index is 5.85. The van der Waals surface area contributed by atoms with E-state index in [1.807, 2.05) is 0 Å². The molecule has 0 amide bonds. The van der Waals surface area contributed by atoms with E-state index in [2.05, 4.69) is 37.1 Å². The third kappa shape index (κ3) is 2.57. The van der Waals surface area contributed by atoms with E-state index in [1.165, 1.54) is 31.7 Å². The molecule has 2 unspecified atom stereocenters. The molecule has 18 heavy (non-hydrogen) atoms. The van der Waals surface area contributed by atoms with Crippen molar-refractivity contribution in [2.45, 2.75) is 58.0 Å². The Morgan fingerprint density at radius 2 is 2.11 bits per heavy atom. The van der Waals surface area contributed by atoms with Crippen molar-refractivity contribution in [3.63, 3.8) is 0 Å². The number of hydrogen-bond donors (Lipinski definition) is 1. The lowest BCUT2D eigenvalue weighted by atomic mass is 9.86. The first kappa shape index (κ1) is 13.9. The lowest BCUT2D eigenvalue weighted by molar-refractivity contribution is 0.0703. The van der Waals surface area contributed by atoms with Gasteiger partial charge in [0.25, 0.3) is 0 Å². The summed E-state index contributed by atoms with van der Waals surface area (Å²) in [7, 11) is 0. The second kappa shape index (κ2) is 6.07. The fourth-order valence-electron chi connectivity index (χ4n) is 3.31. The summed E-state index contributed by atoms with van der Waals surface area (Å²) in [5.74, 6) is 1.17. The Labute approximate surface area is 112 Å². The number of nitrogens with zero attached hydrogens (tertiary/aromatic N) is 1.